The van der Waals surface area contributed by atoms with Crippen molar-refractivity contribution < 1.29 is 9.47 Å². The SMILES string of the molecule is CCOC1(c2ccccc2)c2c(Nc3ccccc3)c3ccccc3n2C(OCC)(c2ccccc2)c2c(Nc3ccccc3)c3ccccc3n21. The molecule has 6 nitrogen and oxygen atoms in total. The zero-order valence-corrected chi connectivity index (χ0v) is 29.3. The number of para-hydroxylation sites is 4. The van der Waals surface area contributed by atoms with Crippen LogP contribution >= 0.6 is 0 Å². The summed E-state index contributed by atoms with van der Waals surface area (Å²) in [6.07, 6.45) is 0. The van der Waals surface area contributed by atoms with E-state index in [0.29, 0.717) is 13.2 Å². The van der Waals surface area contributed by atoms with Gasteiger partial charge in [0, 0.05) is 46.5 Å². The Balaban J connectivity index is 1.56. The van der Waals surface area contributed by atoms with Gasteiger partial charge in [-0.2, -0.15) is 0 Å². The lowest BCUT2D eigenvalue weighted by Crippen LogP contribution is -2.55. The fraction of sp³-hybridized carbons (Fsp3) is 0.130. The molecule has 0 saturated heterocycles. The van der Waals surface area contributed by atoms with Crippen LogP contribution in [0.15, 0.2) is 170 Å². The van der Waals surface area contributed by atoms with Crippen molar-refractivity contribution >= 4 is 44.6 Å². The molecule has 9 rings (SSSR count). The van der Waals surface area contributed by atoms with Gasteiger partial charge >= 0.3 is 0 Å². The molecule has 3 heterocycles. The zero-order chi connectivity index (χ0) is 35.1. The normalized spacial score (nSPS) is 17.9. The number of ether oxygens (including phenoxy) is 2. The number of aromatic nitrogens is 2. The molecule has 8 aromatic rings. The van der Waals surface area contributed by atoms with Crippen molar-refractivity contribution in [3.05, 3.63) is 192 Å². The smallest absolute Gasteiger partial charge is 0.215 e. The number of benzene rings is 6. The standard InChI is InChI=1S/C46H40N4O2/c1-3-51-45(33-21-9-5-10-22-33)43-41(47-35-25-13-7-14-26-35)38-30-18-20-32-40(38)50(43)46(52-4-2,34-23-11-6-12-24-34)44-42(48-36-27-15-8-16-28-36)37-29-17-19-31-39(37)49(44)45/h5-32,47-48H,3-4H2,1-2H3. The Morgan fingerprint density at radius 2 is 0.750 bits per heavy atom. The second-order valence-electron chi connectivity index (χ2n) is 13.0. The molecule has 0 amide bonds. The maximum atomic E-state index is 7.42. The summed E-state index contributed by atoms with van der Waals surface area (Å²) in [6, 6.07) is 59.3. The molecule has 0 radical (unpaired) electrons. The molecule has 0 aliphatic carbocycles. The van der Waals surface area contributed by atoms with Crippen molar-refractivity contribution in [3.63, 3.8) is 0 Å². The van der Waals surface area contributed by atoms with Crippen LogP contribution in [0.5, 0.6) is 0 Å². The van der Waals surface area contributed by atoms with Crippen molar-refractivity contribution in [2.45, 2.75) is 25.3 Å². The predicted molar refractivity (Wildman–Crippen MR) is 212 cm³/mol. The molecule has 1 aliphatic heterocycles. The summed E-state index contributed by atoms with van der Waals surface area (Å²) >= 11 is 0. The van der Waals surface area contributed by atoms with Crippen LogP contribution in [0, 0.1) is 0 Å². The molecule has 52 heavy (non-hydrogen) atoms. The lowest BCUT2D eigenvalue weighted by molar-refractivity contribution is -0.0977. The lowest BCUT2D eigenvalue weighted by atomic mass is 9.88. The monoisotopic (exact) mass is 680 g/mol. The van der Waals surface area contributed by atoms with Crippen molar-refractivity contribution in [2.24, 2.45) is 0 Å². The summed E-state index contributed by atoms with van der Waals surface area (Å²) < 4.78 is 19.7. The minimum Gasteiger partial charge on any atom is -0.353 e. The molecule has 6 aromatic carbocycles. The highest BCUT2D eigenvalue weighted by Crippen LogP contribution is 2.59. The highest BCUT2D eigenvalue weighted by Gasteiger charge is 2.58. The van der Waals surface area contributed by atoms with E-state index in [1.807, 2.05) is 12.1 Å². The Labute approximate surface area is 303 Å². The van der Waals surface area contributed by atoms with Crippen LogP contribution < -0.4 is 10.6 Å². The Morgan fingerprint density at radius 1 is 0.423 bits per heavy atom. The molecule has 0 spiro atoms. The van der Waals surface area contributed by atoms with E-state index in [1.165, 1.54) is 0 Å². The summed E-state index contributed by atoms with van der Waals surface area (Å²) in [4.78, 5) is 0. The molecule has 2 aromatic heterocycles. The van der Waals surface area contributed by atoms with Crippen LogP contribution in [0.1, 0.15) is 36.4 Å². The molecule has 1 aliphatic rings. The number of nitrogens with zero attached hydrogens (tertiary/aromatic N) is 2. The van der Waals surface area contributed by atoms with E-state index in [4.69, 9.17) is 9.47 Å². The molecule has 256 valence electrons. The Bertz CT molecular complexity index is 2320. The number of fused-ring (bicyclic) bond motifs is 6. The van der Waals surface area contributed by atoms with Gasteiger partial charge in [0.15, 0.2) is 0 Å². The third-order valence-electron chi connectivity index (χ3n) is 10.1. The fourth-order valence-electron chi connectivity index (χ4n) is 8.28. The number of hydrogen-bond donors (Lipinski definition) is 2. The largest absolute Gasteiger partial charge is 0.353 e. The molecular weight excluding hydrogens is 641 g/mol. The topological polar surface area (TPSA) is 52.4 Å². The first-order valence-corrected chi connectivity index (χ1v) is 18.0. The van der Waals surface area contributed by atoms with E-state index in [-0.39, 0.29) is 0 Å². The fourth-order valence-corrected chi connectivity index (χ4v) is 8.28. The van der Waals surface area contributed by atoms with Gasteiger partial charge in [0.1, 0.15) is 11.4 Å². The summed E-state index contributed by atoms with van der Waals surface area (Å²) in [5.74, 6) is 0. The van der Waals surface area contributed by atoms with Crippen LogP contribution in [0.3, 0.4) is 0 Å². The third kappa shape index (κ3) is 4.65. The van der Waals surface area contributed by atoms with Crippen LogP contribution in [0.4, 0.5) is 22.7 Å². The highest BCUT2D eigenvalue weighted by molar-refractivity contribution is 6.02. The second-order valence-corrected chi connectivity index (χ2v) is 13.0. The maximum absolute atomic E-state index is 7.42. The van der Waals surface area contributed by atoms with Gasteiger partial charge in [-0.3, -0.25) is 9.13 Å². The number of anilines is 4. The summed E-state index contributed by atoms with van der Waals surface area (Å²) in [5.41, 5.74) is 7.54. The number of rotatable bonds is 10. The average Bonchev–Trinajstić information content (AvgIpc) is 3.72. The Hall–Kier alpha value is -6.08. The van der Waals surface area contributed by atoms with Gasteiger partial charge in [0.25, 0.3) is 0 Å². The molecule has 0 fully saturated rings. The summed E-state index contributed by atoms with van der Waals surface area (Å²) in [5, 5.41) is 9.95. The van der Waals surface area contributed by atoms with Gasteiger partial charge in [0.2, 0.25) is 11.4 Å². The van der Waals surface area contributed by atoms with Gasteiger partial charge in [-0.25, -0.2) is 0 Å². The summed E-state index contributed by atoms with van der Waals surface area (Å²) in [6.45, 7) is 5.05. The van der Waals surface area contributed by atoms with Crippen LogP contribution in [-0.4, -0.2) is 22.3 Å². The maximum Gasteiger partial charge on any atom is 0.215 e. The molecule has 2 unspecified atom stereocenters. The van der Waals surface area contributed by atoms with Gasteiger partial charge in [-0.1, -0.05) is 133 Å². The van der Waals surface area contributed by atoms with E-state index in [2.05, 4.69) is 191 Å². The Kier molecular flexibility index (Phi) is 7.91. The minimum absolute atomic E-state index is 0.446. The van der Waals surface area contributed by atoms with E-state index in [1.54, 1.807) is 0 Å². The van der Waals surface area contributed by atoms with E-state index in [9.17, 15) is 0 Å². The molecule has 2 atom stereocenters. The first kappa shape index (κ1) is 31.9. The quantitative estimate of drug-likeness (QED) is 0.151. The van der Waals surface area contributed by atoms with Crippen molar-refractivity contribution in [1.82, 2.24) is 9.13 Å². The van der Waals surface area contributed by atoms with Crippen molar-refractivity contribution in [1.29, 1.82) is 0 Å². The van der Waals surface area contributed by atoms with Crippen molar-refractivity contribution in [2.75, 3.05) is 23.8 Å². The predicted octanol–water partition coefficient (Wildman–Crippen LogP) is 11.0. The molecular formula is C46H40N4O2. The zero-order valence-electron chi connectivity index (χ0n) is 29.3. The first-order chi connectivity index (χ1) is 25.7. The van der Waals surface area contributed by atoms with Gasteiger partial charge < -0.3 is 20.1 Å². The third-order valence-corrected chi connectivity index (χ3v) is 10.1. The molecule has 0 saturated carbocycles. The number of nitrogens with one attached hydrogen (secondary N) is 2. The average molecular weight is 681 g/mol. The van der Waals surface area contributed by atoms with E-state index in [0.717, 1.165) is 67.1 Å². The van der Waals surface area contributed by atoms with Crippen LogP contribution in [0.2, 0.25) is 0 Å². The molecule has 6 heteroatoms. The van der Waals surface area contributed by atoms with Crippen LogP contribution in [0.25, 0.3) is 21.8 Å². The Morgan fingerprint density at radius 3 is 1.12 bits per heavy atom. The lowest BCUT2D eigenvalue weighted by Gasteiger charge is -2.50. The first-order valence-electron chi connectivity index (χ1n) is 18.0. The van der Waals surface area contributed by atoms with E-state index >= 15 is 0 Å². The van der Waals surface area contributed by atoms with Gasteiger partial charge in [-0.05, 0) is 50.2 Å². The molecule has 2 N–H and O–H groups in total. The minimum atomic E-state index is -1.15. The second kappa shape index (κ2) is 12.9. The van der Waals surface area contributed by atoms with Gasteiger partial charge in [-0.15, -0.1) is 0 Å². The van der Waals surface area contributed by atoms with Crippen molar-refractivity contribution in [3.8, 4) is 0 Å². The van der Waals surface area contributed by atoms with Gasteiger partial charge in [0.05, 0.1) is 22.4 Å². The molecule has 0 bridgehead atoms. The van der Waals surface area contributed by atoms with E-state index < -0.39 is 11.4 Å². The summed E-state index contributed by atoms with van der Waals surface area (Å²) in [7, 11) is 0. The van der Waals surface area contributed by atoms with Crippen LogP contribution in [-0.2, 0) is 20.9 Å². The number of hydrogen-bond acceptors (Lipinski definition) is 4. The highest BCUT2D eigenvalue weighted by atomic mass is 16.5.